The molecule has 5 N–H and O–H groups in total. The summed E-state index contributed by atoms with van der Waals surface area (Å²) in [5.74, 6) is -0.581. The Hall–Kier alpha value is -5.13. The fourth-order valence-electron chi connectivity index (χ4n) is 5.77. The van der Waals surface area contributed by atoms with Crippen molar-refractivity contribution < 1.29 is 23.9 Å². The average molecular weight is 670 g/mol. The number of alkyl carbamates (subject to hydrolysis) is 1. The van der Waals surface area contributed by atoms with Crippen molar-refractivity contribution in [3.63, 3.8) is 0 Å². The third-order valence-electron chi connectivity index (χ3n) is 8.31. The third-order valence-corrected chi connectivity index (χ3v) is 8.31. The van der Waals surface area contributed by atoms with Gasteiger partial charge >= 0.3 is 6.09 Å². The molecule has 0 unspecified atom stereocenters. The summed E-state index contributed by atoms with van der Waals surface area (Å²) in [7, 11) is 0. The number of benzene rings is 2. The van der Waals surface area contributed by atoms with Crippen LogP contribution in [0.2, 0.25) is 0 Å². The van der Waals surface area contributed by atoms with E-state index in [4.69, 9.17) is 10.1 Å². The molecule has 1 saturated carbocycles. The minimum absolute atomic E-state index is 0.178. The molecule has 12 nitrogen and oxygen atoms in total. The molecule has 0 aliphatic heterocycles. The van der Waals surface area contributed by atoms with Crippen molar-refractivity contribution in [2.24, 2.45) is 11.8 Å². The molecule has 3 aromatic rings. The van der Waals surface area contributed by atoms with Crippen LogP contribution in [0.4, 0.5) is 16.4 Å². The minimum atomic E-state index is -0.863. The van der Waals surface area contributed by atoms with E-state index in [0.717, 1.165) is 35.1 Å². The molecular weight excluding hydrogens is 622 g/mol. The van der Waals surface area contributed by atoms with Crippen molar-refractivity contribution in [3.8, 4) is 11.1 Å². The van der Waals surface area contributed by atoms with E-state index in [1.165, 1.54) is 6.92 Å². The monoisotopic (exact) mass is 669 g/mol. The van der Waals surface area contributed by atoms with Gasteiger partial charge in [0.1, 0.15) is 11.6 Å². The number of carbonyl (C=O) groups is 4. The Balaban J connectivity index is 1.46. The van der Waals surface area contributed by atoms with Gasteiger partial charge in [-0.2, -0.15) is 0 Å². The molecule has 260 valence electrons. The first-order valence-electron chi connectivity index (χ1n) is 16.6. The maximum atomic E-state index is 13.7. The molecule has 0 bridgehead atoms. The molecule has 1 heterocycles. The Morgan fingerprint density at radius 1 is 0.980 bits per heavy atom. The summed E-state index contributed by atoms with van der Waals surface area (Å²) in [6.45, 7) is 10.9. The van der Waals surface area contributed by atoms with E-state index in [1.807, 2.05) is 52.0 Å². The second-order valence-electron chi connectivity index (χ2n) is 13.6. The summed E-state index contributed by atoms with van der Waals surface area (Å²) in [5, 5.41) is 19.2. The van der Waals surface area contributed by atoms with Crippen LogP contribution in [-0.4, -0.2) is 57.7 Å². The molecule has 0 spiro atoms. The highest BCUT2D eigenvalue weighted by Crippen LogP contribution is 2.29. The fraction of sp³-hybridized carbons (Fsp3) is 0.432. The highest BCUT2D eigenvalue weighted by Gasteiger charge is 2.30. The molecule has 0 radical (unpaired) electrons. The van der Waals surface area contributed by atoms with E-state index in [2.05, 4.69) is 31.2 Å². The quantitative estimate of drug-likeness (QED) is 0.160. The normalized spacial score (nSPS) is 16.5. The number of anilines is 2. The van der Waals surface area contributed by atoms with Crippen LogP contribution in [0.15, 0.2) is 54.7 Å². The van der Waals surface area contributed by atoms with E-state index in [0.29, 0.717) is 36.5 Å². The van der Waals surface area contributed by atoms with Gasteiger partial charge in [0.05, 0.1) is 5.69 Å². The Morgan fingerprint density at radius 3 is 2.29 bits per heavy atom. The number of hydrogen-bond donors (Lipinski definition) is 5. The zero-order chi connectivity index (χ0) is 35.7. The number of aryl methyl sites for hydroxylation is 1. The lowest BCUT2D eigenvalue weighted by atomic mass is 9.81. The molecule has 4 amide bonds. The number of rotatable bonds is 11. The second-order valence-corrected chi connectivity index (χ2v) is 13.6. The number of carbonyl (C=O) groups excluding carboxylic acids is 4. The van der Waals surface area contributed by atoms with Gasteiger partial charge in [-0.05, 0) is 95.0 Å². The summed E-state index contributed by atoms with van der Waals surface area (Å²) in [6, 6.07) is 13.8. The minimum Gasteiger partial charge on any atom is -0.444 e. The van der Waals surface area contributed by atoms with Gasteiger partial charge in [-0.3, -0.25) is 19.7 Å². The smallest absolute Gasteiger partial charge is 0.407 e. The lowest BCUT2D eigenvalue weighted by Gasteiger charge is -2.29. The SMILES string of the molecule is CC(=N)c1ccc(NC(=O)[C@H](Cc2cccc(-c3cnc(NC(C)=O)nc3C)c2)NC(=O)C2CCC(CNC(=O)OC(C)(C)C)CC2)cc1. The Morgan fingerprint density at radius 2 is 1.67 bits per heavy atom. The predicted octanol–water partition coefficient (Wildman–Crippen LogP) is 5.80. The first-order chi connectivity index (χ1) is 23.2. The van der Waals surface area contributed by atoms with Gasteiger partial charge in [-0.15, -0.1) is 0 Å². The molecule has 1 aromatic heterocycles. The number of amides is 4. The molecule has 12 heteroatoms. The van der Waals surface area contributed by atoms with E-state index < -0.39 is 17.7 Å². The van der Waals surface area contributed by atoms with E-state index in [-0.39, 0.29) is 41.9 Å². The fourth-order valence-corrected chi connectivity index (χ4v) is 5.77. The van der Waals surface area contributed by atoms with E-state index in [9.17, 15) is 19.2 Å². The first-order valence-corrected chi connectivity index (χ1v) is 16.6. The molecular formula is C37H47N7O5. The molecule has 1 aliphatic carbocycles. The molecule has 1 atom stereocenters. The lowest BCUT2D eigenvalue weighted by molar-refractivity contribution is -0.130. The highest BCUT2D eigenvalue weighted by atomic mass is 16.6. The van der Waals surface area contributed by atoms with Crippen molar-refractivity contribution in [2.75, 3.05) is 17.2 Å². The first kappa shape index (κ1) is 36.7. The van der Waals surface area contributed by atoms with Gasteiger partial charge in [-0.1, -0.05) is 36.4 Å². The Bertz CT molecular complexity index is 1680. The summed E-state index contributed by atoms with van der Waals surface area (Å²) >= 11 is 0. The number of nitrogens with one attached hydrogen (secondary N) is 5. The van der Waals surface area contributed by atoms with Crippen LogP contribution in [0.3, 0.4) is 0 Å². The summed E-state index contributed by atoms with van der Waals surface area (Å²) in [5.41, 5.74) is 4.29. The highest BCUT2D eigenvalue weighted by molar-refractivity contribution is 5.99. The van der Waals surface area contributed by atoms with Gasteiger partial charge in [-0.25, -0.2) is 14.8 Å². The van der Waals surface area contributed by atoms with Crippen LogP contribution >= 0.6 is 0 Å². The second kappa shape index (κ2) is 16.3. The standard InChI is InChI=1S/C37H47N7O5/c1-22(38)27-14-16-30(17-15-27)43-34(47)32(44-33(46)28-12-10-25(11-13-28)20-40-36(48)49-37(4,5)6)19-26-8-7-9-29(18-26)31-21-39-35(41-23(31)2)42-24(3)45/h7-9,14-18,21,25,28,32,38H,10-13,19-20H2,1-6H3,(H,40,48)(H,43,47)(H,44,46)(H,39,41,42,45)/t25?,28?,32-/m0/s1. The summed E-state index contributed by atoms with van der Waals surface area (Å²) in [4.78, 5) is 59.5. The molecule has 1 fully saturated rings. The zero-order valence-corrected chi connectivity index (χ0v) is 29.1. The molecule has 2 aromatic carbocycles. The lowest BCUT2D eigenvalue weighted by Crippen LogP contribution is -2.48. The predicted molar refractivity (Wildman–Crippen MR) is 189 cm³/mol. The van der Waals surface area contributed by atoms with Crippen molar-refractivity contribution in [1.29, 1.82) is 5.41 Å². The van der Waals surface area contributed by atoms with E-state index >= 15 is 0 Å². The van der Waals surface area contributed by atoms with Crippen molar-refractivity contribution in [3.05, 3.63) is 71.5 Å². The van der Waals surface area contributed by atoms with Crippen LogP contribution in [0.5, 0.6) is 0 Å². The molecule has 49 heavy (non-hydrogen) atoms. The third kappa shape index (κ3) is 11.2. The molecule has 0 saturated heterocycles. The van der Waals surface area contributed by atoms with Crippen LogP contribution in [0.1, 0.15) is 77.1 Å². The molecule has 4 rings (SSSR count). The molecule has 1 aliphatic rings. The number of hydrogen-bond acceptors (Lipinski definition) is 8. The van der Waals surface area contributed by atoms with Crippen LogP contribution in [0.25, 0.3) is 11.1 Å². The van der Waals surface area contributed by atoms with Gasteiger partial charge in [0, 0.05) is 49.0 Å². The van der Waals surface area contributed by atoms with E-state index in [1.54, 1.807) is 37.4 Å². The van der Waals surface area contributed by atoms with Crippen LogP contribution in [0, 0.1) is 24.2 Å². The van der Waals surface area contributed by atoms with Crippen LogP contribution < -0.4 is 21.3 Å². The number of nitrogens with zero attached hydrogens (tertiary/aromatic N) is 2. The summed E-state index contributed by atoms with van der Waals surface area (Å²) < 4.78 is 5.34. The number of ether oxygens (including phenoxy) is 1. The van der Waals surface area contributed by atoms with Crippen molar-refractivity contribution in [2.45, 2.75) is 85.3 Å². The van der Waals surface area contributed by atoms with Gasteiger partial charge < -0.3 is 26.1 Å². The number of aromatic nitrogens is 2. The van der Waals surface area contributed by atoms with Crippen LogP contribution in [-0.2, 0) is 25.5 Å². The van der Waals surface area contributed by atoms with Crippen molar-refractivity contribution in [1.82, 2.24) is 20.6 Å². The topological polar surface area (TPSA) is 175 Å². The largest absolute Gasteiger partial charge is 0.444 e. The van der Waals surface area contributed by atoms with Gasteiger partial charge in [0.15, 0.2) is 0 Å². The van der Waals surface area contributed by atoms with Gasteiger partial charge in [0.25, 0.3) is 0 Å². The van der Waals surface area contributed by atoms with Gasteiger partial charge in [0.2, 0.25) is 23.7 Å². The van der Waals surface area contributed by atoms with Crippen molar-refractivity contribution >= 4 is 41.2 Å². The Labute approximate surface area is 287 Å². The maximum Gasteiger partial charge on any atom is 0.407 e. The summed E-state index contributed by atoms with van der Waals surface area (Å²) in [6.07, 6.45) is 4.28. The average Bonchev–Trinajstić information content (AvgIpc) is 3.03. The Kier molecular flexibility index (Phi) is 12.2. The maximum absolute atomic E-state index is 13.7. The zero-order valence-electron chi connectivity index (χ0n) is 29.1.